The minimum atomic E-state index is -0.560. The SMILES string of the molecule is Cc1ccc(F)c(O)c1I. The van der Waals surface area contributed by atoms with Crippen LogP contribution in [0, 0.1) is 16.3 Å². The van der Waals surface area contributed by atoms with Crippen LogP contribution in [0.5, 0.6) is 5.75 Å². The Kier molecular flexibility index (Phi) is 2.13. The average Bonchev–Trinajstić information content (AvgIpc) is 1.93. The van der Waals surface area contributed by atoms with Gasteiger partial charge in [0, 0.05) is 0 Å². The highest BCUT2D eigenvalue weighted by atomic mass is 127. The third kappa shape index (κ3) is 1.23. The molecule has 1 nitrogen and oxygen atoms in total. The Morgan fingerprint density at radius 2 is 2.10 bits per heavy atom. The molecule has 0 fully saturated rings. The van der Waals surface area contributed by atoms with Crippen molar-refractivity contribution >= 4 is 22.6 Å². The smallest absolute Gasteiger partial charge is 0.165 e. The fourth-order valence-electron chi connectivity index (χ4n) is 0.642. The second-order valence-electron chi connectivity index (χ2n) is 2.03. The molecule has 1 aromatic rings. The van der Waals surface area contributed by atoms with Crippen LogP contribution in [0.25, 0.3) is 0 Å². The molecule has 1 aromatic carbocycles. The first kappa shape index (κ1) is 7.78. The van der Waals surface area contributed by atoms with Crippen LogP contribution in [0.3, 0.4) is 0 Å². The number of benzene rings is 1. The highest BCUT2D eigenvalue weighted by Gasteiger charge is 2.05. The maximum absolute atomic E-state index is 12.5. The van der Waals surface area contributed by atoms with Crippen molar-refractivity contribution in [3.8, 4) is 5.75 Å². The molecule has 3 heteroatoms. The molecule has 0 aliphatic carbocycles. The summed E-state index contributed by atoms with van der Waals surface area (Å²) in [7, 11) is 0. The molecule has 0 bridgehead atoms. The van der Waals surface area contributed by atoms with Crippen LogP contribution in [-0.2, 0) is 0 Å². The monoisotopic (exact) mass is 252 g/mol. The van der Waals surface area contributed by atoms with Crippen LogP contribution in [0.1, 0.15) is 5.56 Å². The Morgan fingerprint density at radius 3 is 2.60 bits per heavy atom. The summed E-state index contributed by atoms with van der Waals surface area (Å²) in [5.74, 6) is -0.810. The fourth-order valence-corrected chi connectivity index (χ4v) is 1.08. The molecule has 1 N–H and O–H groups in total. The summed E-state index contributed by atoms with van der Waals surface area (Å²) in [6.07, 6.45) is 0. The van der Waals surface area contributed by atoms with Crippen LogP contribution in [0.4, 0.5) is 4.39 Å². The van der Waals surface area contributed by atoms with Crippen molar-refractivity contribution in [3.05, 3.63) is 27.1 Å². The summed E-state index contributed by atoms with van der Waals surface area (Å²) < 4.78 is 13.1. The number of hydrogen-bond acceptors (Lipinski definition) is 1. The molecule has 0 spiro atoms. The molecule has 1 rings (SSSR count). The lowest BCUT2D eigenvalue weighted by molar-refractivity contribution is 0.428. The molecule has 0 atom stereocenters. The summed E-state index contributed by atoms with van der Waals surface area (Å²) in [5, 5.41) is 9.00. The Hall–Kier alpha value is -0.320. The predicted octanol–water partition coefficient (Wildman–Crippen LogP) is 2.44. The van der Waals surface area contributed by atoms with Gasteiger partial charge in [-0.05, 0) is 41.1 Å². The zero-order valence-electron chi connectivity index (χ0n) is 5.36. The Balaban J connectivity index is 3.34. The van der Waals surface area contributed by atoms with Crippen LogP contribution < -0.4 is 0 Å². The highest BCUT2D eigenvalue weighted by molar-refractivity contribution is 14.1. The van der Waals surface area contributed by atoms with Gasteiger partial charge in [0.2, 0.25) is 0 Å². The number of phenolic OH excluding ortho intramolecular Hbond substituents is 1. The molecule has 0 unspecified atom stereocenters. The Bertz CT molecular complexity index is 233. The van der Waals surface area contributed by atoms with Gasteiger partial charge < -0.3 is 5.11 Å². The van der Waals surface area contributed by atoms with Crippen molar-refractivity contribution < 1.29 is 9.50 Å². The van der Waals surface area contributed by atoms with Gasteiger partial charge in [0.15, 0.2) is 11.6 Å². The van der Waals surface area contributed by atoms with Gasteiger partial charge in [0.1, 0.15) is 0 Å². The van der Waals surface area contributed by atoms with Crippen molar-refractivity contribution in [2.24, 2.45) is 0 Å². The van der Waals surface area contributed by atoms with E-state index in [0.29, 0.717) is 3.57 Å². The van der Waals surface area contributed by atoms with E-state index in [-0.39, 0.29) is 5.75 Å². The van der Waals surface area contributed by atoms with Gasteiger partial charge in [-0.2, -0.15) is 0 Å². The zero-order valence-corrected chi connectivity index (χ0v) is 7.52. The predicted molar refractivity (Wildman–Crippen MR) is 45.5 cm³/mol. The van der Waals surface area contributed by atoms with Crippen molar-refractivity contribution in [3.63, 3.8) is 0 Å². The Morgan fingerprint density at radius 1 is 1.50 bits per heavy atom. The van der Waals surface area contributed by atoms with E-state index < -0.39 is 5.82 Å². The molecule has 0 aliphatic rings. The quantitative estimate of drug-likeness (QED) is 0.703. The van der Waals surface area contributed by atoms with Gasteiger partial charge in [-0.25, -0.2) is 4.39 Å². The largest absolute Gasteiger partial charge is 0.504 e. The van der Waals surface area contributed by atoms with E-state index in [2.05, 4.69) is 0 Å². The topological polar surface area (TPSA) is 20.2 Å². The first-order valence-corrected chi connectivity index (χ1v) is 3.84. The van der Waals surface area contributed by atoms with E-state index in [1.54, 1.807) is 6.07 Å². The highest BCUT2D eigenvalue weighted by Crippen LogP contribution is 2.25. The average molecular weight is 252 g/mol. The molecule has 0 heterocycles. The van der Waals surface area contributed by atoms with E-state index in [1.165, 1.54) is 6.07 Å². The van der Waals surface area contributed by atoms with Gasteiger partial charge >= 0.3 is 0 Å². The van der Waals surface area contributed by atoms with E-state index in [1.807, 2.05) is 29.5 Å². The molecule has 10 heavy (non-hydrogen) atoms. The van der Waals surface area contributed by atoms with E-state index in [0.717, 1.165) is 5.56 Å². The number of aromatic hydroxyl groups is 1. The summed E-state index contributed by atoms with van der Waals surface area (Å²) >= 11 is 1.90. The van der Waals surface area contributed by atoms with Gasteiger partial charge in [-0.15, -0.1) is 0 Å². The molecule has 0 saturated heterocycles. The molecular formula is C7H6FIO. The summed E-state index contributed by atoms with van der Waals surface area (Å²) in [6, 6.07) is 2.89. The standard InChI is InChI=1S/C7H6FIO/c1-4-2-3-5(8)7(10)6(4)9/h2-3,10H,1H3. The molecule has 0 saturated carbocycles. The second-order valence-corrected chi connectivity index (χ2v) is 3.11. The second kappa shape index (κ2) is 2.74. The molecule has 0 aliphatic heterocycles. The van der Waals surface area contributed by atoms with E-state index in [4.69, 9.17) is 5.11 Å². The minimum absolute atomic E-state index is 0.249. The number of halogens is 2. The third-order valence-corrected chi connectivity index (χ3v) is 2.62. The van der Waals surface area contributed by atoms with Crippen LogP contribution >= 0.6 is 22.6 Å². The van der Waals surface area contributed by atoms with Crippen molar-refractivity contribution in [2.45, 2.75) is 6.92 Å². The van der Waals surface area contributed by atoms with Gasteiger partial charge in [-0.1, -0.05) is 6.07 Å². The third-order valence-electron chi connectivity index (χ3n) is 1.26. The lowest BCUT2D eigenvalue weighted by Gasteiger charge is -2.00. The van der Waals surface area contributed by atoms with Gasteiger partial charge in [-0.3, -0.25) is 0 Å². The van der Waals surface area contributed by atoms with Gasteiger partial charge in [0.05, 0.1) is 3.57 Å². The number of aryl methyl sites for hydroxylation is 1. The van der Waals surface area contributed by atoms with Crippen LogP contribution in [0.15, 0.2) is 12.1 Å². The number of phenols is 1. The van der Waals surface area contributed by atoms with Crippen molar-refractivity contribution in [1.29, 1.82) is 0 Å². The summed E-state index contributed by atoms with van der Waals surface area (Å²) in [4.78, 5) is 0. The minimum Gasteiger partial charge on any atom is -0.504 e. The maximum Gasteiger partial charge on any atom is 0.165 e. The van der Waals surface area contributed by atoms with Gasteiger partial charge in [0.25, 0.3) is 0 Å². The summed E-state index contributed by atoms with van der Waals surface area (Å²) in [5.41, 5.74) is 0.888. The molecule has 0 amide bonds. The lowest BCUT2D eigenvalue weighted by atomic mass is 10.2. The molecule has 54 valence electrons. The number of hydrogen-bond donors (Lipinski definition) is 1. The first-order valence-electron chi connectivity index (χ1n) is 2.76. The van der Waals surface area contributed by atoms with Crippen LogP contribution in [-0.4, -0.2) is 5.11 Å². The molecular weight excluding hydrogens is 246 g/mol. The van der Waals surface area contributed by atoms with Crippen LogP contribution in [0.2, 0.25) is 0 Å². The zero-order chi connectivity index (χ0) is 7.72. The Labute approximate surface area is 72.0 Å². The van der Waals surface area contributed by atoms with Crippen molar-refractivity contribution in [1.82, 2.24) is 0 Å². The normalized spacial score (nSPS) is 9.90. The van der Waals surface area contributed by atoms with E-state index >= 15 is 0 Å². The maximum atomic E-state index is 12.5. The van der Waals surface area contributed by atoms with E-state index in [9.17, 15) is 4.39 Å². The summed E-state index contributed by atoms with van der Waals surface area (Å²) in [6.45, 7) is 1.82. The number of rotatable bonds is 0. The lowest BCUT2D eigenvalue weighted by Crippen LogP contribution is -1.84. The fraction of sp³-hybridized carbons (Fsp3) is 0.143. The first-order chi connectivity index (χ1) is 4.63. The molecule has 0 aromatic heterocycles. The van der Waals surface area contributed by atoms with Crippen molar-refractivity contribution in [2.75, 3.05) is 0 Å². The molecule has 0 radical (unpaired) electrons.